The first-order valence-corrected chi connectivity index (χ1v) is 14.2. The van der Waals surface area contributed by atoms with Gasteiger partial charge in [0.15, 0.2) is 0 Å². The Morgan fingerprint density at radius 1 is 0.818 bits per heavy atom. The Morgan fingerprint density at radius 2 is 1.52 bits per heavy atom. The van der Waals surface area contributed by atoms with Gasteiger partial charge in [-0.1, -0.05) is 76.0 Å². The first-order chi connectivity index (χ1) is 16.3. The van der Waals surface area contributed by atoms with Crippen LogP contribution in [0.1, 0.15) is 109 Å². The van der Waals surface area contributed by atoms with E-state index in [2.05, 4.69) is 62.1 Å². The van der Waals surface area contributed by atoms with E-state index in [1.807, 2.05) is 0 Å². The van der Waals surface area contributed by atoms with Crippen LogP contribution in [0.25, 0.3) is 0 Å². The molecule has 0 saturated heterocycles. The average molecular weight is 449 g/mol. The summed E-state index contributed by atoms with van der Waals surface area (Å²) in [6, 6.07) is 8.75. The smallest absolute Gasteiger partial charge is 0.119 e. The molecular weight excluding hydrogens is 400 g/mol. The molecule has 2 aliphatic carbocycles. The van der Waals surface area contributed by atoms with Crippen molar-refractivity contribution in [2.75, 3.05) is 6.61 Å². The van der Waals surface area contributed by atoms with Crippen LogP contribution in [0.15, 0.2) is 36.4 Å². The van der Waals surface area contributed by atoms with Gasteiger partial charge in [-0.25, -0.2) is 0 Å². The van der Waals surface area contributed by atoms with Gasteiger partial charge in [-0.05, 0) is 106 Å². The molecule has 0 unspecified atom stereocenters. The number of ether oxygens (including phenoxy) is 1. The van der Waals surface area contributed by atoms with Gasteiger partial charge in [-0.2, -0.15) is 0 Å². The summed E-state index contributed by atoms with van der Waals surface area (Å²) in [4.78, 5) is 0. The standard InChI is InChI=1S/C32H48O/c1-3-5-7-11-28-14-16-29(17-15-28)12-8-9-13-30-18-20-31(21-19-30)26-33-32-24-22-27(23-25-32)10-6-4-2/h8,12,22-25,28-31H,3-7,10-11,14-21,26H2,1-2H3/t28-,29-,30-,31-. The number of hydrogen-bond acceptors (Lipinski definition) is 1. The van der Waals surface area contributed by atoms with E-state index >= 15 is 0 Å². The number of aryl methyl sites for hydroxylation is 1. The van der Waals surface area contributed by atoms with Crippen molar-refractivity contribution >= 4 is 0 Å². The van der Waals surface area contributed by atoms with Gasteiger partial charge in [-0.3, -0.25) is 0 Å². The molecule has 2 aliphatic rings. The van der Waals surface area contributed by atoms with Crippen molar-refractivity contribution in [1.29, 1.82) is 0 Å². The Bertz CT molecular complexity index is 718. The van der Waals surface area contributed by atoms with Crippen LogP contribution in [-0.2, 0) is 6.42 Å². The Kier molecular flexibility index (Phi) is 12.0. The molecule has 1 aromatic carbocycles. The van der Waals surface area contributed by atoms with Crippen LogP contribution in [0.5, 0.6) is 5.75 Å². The summed E-state index contributed by atoms with van der Waals surface area (Å²) in [5, 5.41) is 0. The van der Waals surface area contributed by atoms with Crippen molar-refractivity contribution in [2.45, 2.75) is 110 Å². The quantitative estimate of drug-likeness (QED) is 0.242. The zero-order chi connectivity index (χ0) is 23.1. The van der Waals surface area contributed by atoms with Crippen LogP contribution in [0.3, 0.4) is 0 Å². The molecule has 0 aliphatic heterocycles. The SMILES string of the molecule is CCCCC[C@H]1CC[C@H](C=CC#C[C@H]2CC[C@H](COc3ccc(CCCC)cc3)CC2)CC1. The van der Waals surface area contributed by atoms with E-state index in [9.17, 15) is 0 Å². The average Bonchev–Trinajstić information content (AvgIpc) is 2.86. The summed E-state index contributed by atoms with van der Waals surface area (Å²) >= 11 is 0. The highest BCUT2D eigenvalue weighted by Gasteiger charge is 2.21. The third kappa shape index (κ3) is 10.00. The summed E-state index contributed by atoms with van der Waals surface area (Å²) in [6.07, 6.45) is 24.5. The predicted octanol–water partition coefficient (Wildman–Crippen LogP) is 9.16. The highest BCUT2D eigenvalue weighted by Crippen LogP contribution is 2.33. The van der Waals surface area contributed by atoms with Crippen molar-refractivity contribution < 1.29 is 4.74 Å². The van der Waals surface area contributed by atoms with Gasteiger partial charge < -0.3 is 4.74 Å². The lowest BCUT2D eigenvalue weighted by Crippen LogP contribution is -2.19. The second kappa shape index (κ2) is 15.3. The number of rotatable bonds is 11. The van der Waals surface area contributed by atoms with Gasteiger partial charge in [-0.15, -0.1) is 0 Å². The normalized spacial score (nSPS) is 25.5. The van der Waals surface area contributed by atoms with Gasteiger partial charge in [0.1, 0.15) is 5.75 Å². The molecule has 1 aromatic rings. The molecule has 0 atom stereocenters. The Labute approximate surface area is 204 Å². The van der Waals surface area contributed by atoms with Crippen LogP contribution in [-0.4, -0.2) is 6.61 Å². The maximum Gasteiger partial charge on any atom is 0.119 e. The van der Waals surface area contributed by atoms with Crippen molar-refractivity contribution in [1.82, 2.24) is 0 Å². The fourth-order valence-corrected chi connectivity index (χ4v) is 5.52. The van der Waals surface area contributed by atoms with Crippen LogP contribution < -0.4 is 4.74 Å². The summed E-state index contributed by atoms with van der Waals surface area (Å²) in [5.41, 5.74) is 1.42. The molecule has 0 bridgehead atoms. The second-order valence-electron chi connectivity index (χ2n) is 10.7. The number of allylic oxidation sites excluding steroid dienone is 2. The molecule has 182 valence electrons. The van der Waals surface area contributed by atoms with E-state index in [-0.39, 0.29) is 0 Å². The van der Waals surface area contributed by atoms with Crippen LogP contribution >= 0.6 is 0 Å². The third-order valence-corrected chi connectivity index (χ3v) is 7.92. The van der Waals surface area contributed by atoms with Crippen LogP contribution in [0, 0.1) is 35.5 Å². The van der Waals surface area contributed by atoms with Crippen molar-refractivity contribution in [3.8, 4) is 17.6 Å². The largest absolute Gasteiger partial charge is 0.493 e. The molecular formula is C32H48O. The lowest BCUT2D eigenvalue weighted by atomic mass is 9.79. The fraction of sp³-hybridized carbons (Fsp3) is 0.688. The van der Waals surface area contributed by atoms with Gasteiger partial charge in [0, 0.05) is 5.92 Å². The van der Waals surface area contributed by atoms with Gasteiger partial charge >= 0.3 is 0 Å². The molecule has 0 heterocycles. The molecule has 0 aromatic heterocycles. The van der Waals surface area contributed by atoms with Gasteiger partial charge in [0.05, 0.1) is 6.61 Å². The van der Waals surface area contributed by atoms with E-state index < -0.39 is 0 Å². The monoisotopic (exact) mass is 448 g/mol. The minimum atomic E-state index is 0.582. The Morgan fingerprint density at radius 3 is 2.21 bits per heavy atom. The maximum atomic E-state index is 6.09. The van der Waals surface area contributed by atoms with Crippen molar-refractivity contribution in [3.05, 3.63) is 42.0 Å². The summed E-state index contributed by atoms with van der Waals surface area (Å²) in [5.74, 6) is 11.0. The molecule has 0 radical (unpaired) electrons. The van der Waals surface area contributed by atoms with E-state index in [0.717, 1.165) is 24.2 Å². The summed E-state index contributed by atoms with van der Waals surface area (Å²) in [7, 11) is 0. The number of unbranched alkanes of at least 4 members (excludes halogenated alkanes) is 3. The van der Waals surface area contributed by atoms with E-state index in [1.165, 1.54) is 102 Å². The highest BCUT2D eigenvalue weighted by molar-refractivity contribution is 5.27. The Hall–Kier alpha value is -1.68. The molecule has 0 N–H and O–H groups in total. The predicted molar refractivity (Wildman–Crippen MR) is 143 cm³/mol. The lowest BCUT2D eigenvalue weighted by molar-refractivity contribution is 0.196. The van der Waals surface area contributed by atoms with E-state index in [0.29, 0.717) is 11.8 Å². The van der Waals surface area contributed by atoms with Crippen molar-refractivity contribution in [3.63, 3.8) is 0 Å². The molecule has 1 nitrogen and oxygen atoms in total. The summed E-state index contributed by atoms with van der Waals surface area (Å²) in [6.45, 7) is 5.41. The minimum absolute atomic E-state index is 0.582. The second-order valence-corrected chi connectivity index (χ2v) is 10.7. The molecule has 2 fully saturated rings. The van der Waals surface area contributed by atoms with E-state index in [4.69, 9.17) is 4.74 Å². The van der Waals surface area contributed by atoms with Crippen molar-refractivity contribution in [2.24, 2.45) is 23.7 Å². The summed E-state index contributed by atoms with van der Waals surface area (Å²) < 4.78 is 6.09. The first kappa shape index (κ1) is 25.9. The minimum Gasteiger partial charge on any atom is -0.493 e. The fourth-order valence-electron chi connectivity index (χ4n) is 5.52. The molecule has 3 rings (SSSR count). The van der Waals surface area contributed by atoms with Crippen LogP contribution in [0.2, 0.25) is 0 Å². The molecule has 2 saturated carbocycles. The molecule has 0 spiro atoms. The van der Waals surface area contributed by atoms with E-state index in [1.54, 1.807) is 0 Å². The first-order valence-electron chi connectivity index (χ1n) is 14.2. The molecule has 1 heteroatoms. The van der Waals surface area contributed by atoms with Crippen LogP contribution in [0.4, 0.5) is 0 Å². The zero-order valence-electron chi connectivity index (χ0n) is 21.5. The maximum absolute atomic E-state index is 6.09. The topological polar surface area (TPSA) is 9.23 Å². The number of benzene rings is 1. The van der Waals surface area contributed by atoms with Gasteiger partial charge in [0.25, 0.3) is 0 Å². The zero-order valence-corrected chi connectivity index (χ0v) is 21.5. The lowest BCUT2D eigenvalue weighted by Gasteiger charge is -2.26. The Balaban J connectivity index is 1.28. The van der Waals surface area contributed by atoms with Gasteiger partial charge in [0.2, 0.25) is 0 Å². The molecule has 33 heavy (non-hydrogen) atoms. The highest BCUT2D eigenvalue weighted by atomic mass is 16.5. The number of hydrogen-bond donors (Lipinski definition) is 0. The third-order valence-electron chi connectivity index (χ3n) is 7.92. The molecule has 0 amide bonds.